The van der Waals surface area contributed by atoms with Crippen LogP contribution in [-0.2, 0) is 15.6 Å². The van der Waals surface area contributed by atoms with Crippen LogP contribution in [0, 0.1) is 0 Å². The summed E-state index contributed by atoms with van der Waals surface area (Å²) in [6.45, 7) is 20.1. The first-order valence-electron chi connectivity index (χ1n) is 8.21. The molecule has 0 spiro atoms. The van der Waals surface area contributed by atoms with E-state index in [2.05, 4.69) is 73.1 Å². The average molecular weight is 372 g/mol. The molecule has 0 aliphatic rings. The van der Waals surface area contributed by atoms with Gasteiger partial charge in [0.05, 0.1) is 6.33 Å². The van der Waals surface area contributed by atoms with Crippen molar-refractivity contribution in [1.82, 2.24) is 14.2 Å². The molecule has 0 aromatic carbocycles. The number of nitrogens with one attached hydrogen (secondary N) is 1. The van der Waals surface area contributed by atoms with Gasteiger partial charge in [0.2, 0.25) is 8.32 Å². The molecule has 8 heteroatoms. The molecule has 0 unspecified atom stereocenters. The fraction of sp³-hybridized carbons (Fsp3) is 0.733. The molecular weight excluding hydrogens is 338 g/mol. The van der Waals surface area contributed by atoms with Gasteiger partial charge in [0.1, 0.15) is 22.5 Å². The first-order valence-corrected chi connectivity index (χ1v) is 18.5. The molecule has 0 saturated heterocycles. The topological polar surface area (TPSA) is 58.2 Å². The van der Waals surface area contributed by atoms with Gasteiger partial charge >= 0.3 is 5.97 Å². The highest BCUT2D eigenvalue weighted by molar-refractivity contribution is 6.89. The number of rotatable bonds is 7. The molecule has 1 aromatic rings. The quantitative estimate of drug-likeness (QED) is 0.743. The highest BCUT2D eigenvalue weighted by Crippen LogP contribution is 2.26. The molecule has 0 radical (unpaired) electrons. The van der Waals surface area contributed by atoms with Gasteiger partial charge in [-0.1, -0.05) is 39.3 Å². The maximum absolute atomic E-state index is 13.0. The summed E-state index contributed by atoms with van der Waals surface area (Å²) >= 11 is 0. The van der Waals surface area contributed by atoms with Gasteiger partial charge in [0.15, 0.2) is 0 Å². The highest BCUT2D eigenvalue weighted by Gasteiger charge is 2.43. The van der Waals surface area contributed by atoms with Crippen LogP contribution in [0.1, 0.15) is 5.69 Å². The lowest BCUT2D eigenvalue weighted by Gasteiger charge is -2.48. The van der Waals surface area contributed by atoms with E-state index in [9.17, 15) is 4.79 Å². The normalized spacial score (nSPS) is 14.9. The van der Waals surface area contributed by atoms with Crippen molar-refractivity contribution >= 4 is 30.8 Å². The molecule has 1 aromatic heterocycles. The Morgan fingerprint density at radius 2 is 1.65 bits per heavy atom. The van der Waals surface area contributed by atoms with Gasteiger partial charge in [-0.3, -0.25) is 4.79 Å². The Morgan fingerprint density at radius 3 is 2.00 bits per heavy atom. The largest absolute Gasteiger partial charge is 0.519 e. The maximum atomic E-state index is 13.0. The van der Waals surface area contributed by atoms with Gasteiger partial charge in [-0.25, -0.2) is 4.98 Å². The van der Waals surface area contributed by atoms with E-state index in [1.54, 1.807) is 12.5 Å². The van der Waals surface area contributed by atoms with Crippen LogP contribution in [0.5, 0.6) is 0 Å². The van der Waals surface area contributed by atoms with Crippen LogP contribution >= 0.6 is 0 Å². The van der Waals surface area contributed by atoms with Gasteiger partial charge in [-0.15, -0.1) is 0 Å². The molecule has 1 heterocycles. The van der Waals surface area contributed by atoms with Crippen LogP contribution in [0.3, 0.4) is 0 Å². The summed E-state index contributed by atoms with van der Waals surface area (Å²) in [4.78, 5) is 20.2. The van der Waals surface area contributed by atoms with E-state index in [-0.39, 0.29) is 12.0 Å². The zero-order valence-corrected chi connectivity index (χ0v) is 19.2. The van der Waals surface area contributed by atoms with E-state index in [0.29, 0.717) is 6.42 Å². The van der Waals surface area contributed by atoms with Crippen LogP contribution in [-0.4, -0.2) is 51.0 Å². The molecule has 23 heavy (non-hydrogen) atoms. The fourth-order valence-electron chi connectivity index (χ4n) is 3.20. The van der Waals surface area contributed by atoms with Crippen molar-refractivity contribution in [3.05, 3.63) is 18.2 Å². The number of nitrogens with zero attached hydrogens (tertiary/aromatic N) is 2. The molecule has 0 fully saturated rings. The Balaban J connectivity index is 3.22. The van der Waals surface area contributed by atoms with Crippen LogP contribution in [0.4, 0.5) is 0 Å². The lowest BCUT2D eigenvalue weighted by molar-refractivity contribution is -0.138. The van der Waals surface area contributed by atoms with Crippen molar-refractivity contribution in [2.24, 2.45) is 0 Å². The lowest BCUT2D eigenvalue weighted by Crippen LogP contribution is -2.66. The zero-order chi connectivity index (χ0) is 18.1. The van der Waals surface area contributed by atoms with Crippen molar-refractivity contribution in [1.29, 1.82) is 0 Å². The molecule has 1 rings (SSSR count). The number of aromatic amines is 1. The molecule has 1 N–H and O–H groups in total. The van der Waals surface area contributed by atoms with E-state index in [1.807, 2.05) is 0 Å². The minimum Gasteiger partial charge on any atom is -0.519 e. The van der Waals surface area contributed by atoms with Crippen LogP contribution in [0.2, 0.25) is 58.9 Å². The number of carbonyl (C=O) groups is 1. The van der Waals surface area contributed by atoms with Gasteiger partial charge in [0.25, 0.3) is 0 Å². The van der Waals surface area contributed by atoms with Crippen molar-refractivity contribution in [3.8, 4) is 0 Å². The van der Waals surface area contributed by atoms with E-state index in [4.69, 9.17) is 4.43 Å². The Morgan fingerprint density at radius 1 is 1.13 bits per heavy atom. The monoisotopic (exact) mass is 371 g/mol. The summed E-state index contributed by atoms with van der Waals surface area (Å²) in [6.07, 6.45) is 4.11. The molecule has 0 aliphatic heterocycles. The molecule has 5 nitrogen and oxygen atoms in total. The summed E-state index contributed by atoms with van der Waals surface area (Å²) in [5.74, 6) is -0.0661. The van der Waals surface area contributed by atoms with Crippen LogP contribution in [0.25, 0.3) is 0 Å². The van der Waals surface area contributed by atoms with Crippen molar-refractivity contribution < 1.29 is 9.22 Å². The molecular formula is C15H33N3O2Si3. The summed E-state index contributed by atoms with van der Waals surface area (Å²) in [7, 11) is -5.28. The van der Waals surface area contributed by atoms with E-state index >= 15 is 0 Å². The third-order valence-electron chi connectivity index (χ3n) is 3.40. The Hall–Kier alpha value is -0.709. The number of imidazole rings is 1. The smallest absolute Gasteiger partial charge is 0.309 e. The van der Waals surface area contributed by atoms with Crippen molar-refractivity contribution in [2.75, 3.05) is 0 Å². The average Bonchev–Trinajstić information content (AvgIpc) is 2.74. The van der Waals surface area contributed by atoms with Crippen LogP contribution in [0.15, 0.2) is 12.5 Å². The SMILES string of the molecule is C[Si](C)(C)OC(=O)[C@H](Cc1cnc[nH]1)N([Si](C)(C)C)[Si](C)(C)C. The van der Waals surface area contributed by atoms with E-state index in [0.717, 1.165) is 5.69 Å². The van der Waals surface area contributed by atoms with Gasteiger partial charge in [-0.05, 0) is 19.6 Å². The number of carbonyl (C=O) groups excluding carboxylic acids is 1. The lowest BCUT2D eigenvalue weighted by atomic mass is 10.2. The first kappa shape index (κ1) is 20.3. The highest BCUT2D eigenvalue weighted by atomic mass is 28.4. The number of hydrogen-bond donors (Lipinski definition) is 1. The zero-order valence-electron chi connectivity index (χ0n) is 16.2. The predicted octanol–water partition coefficient (Wildman–Crippen LogP) is 3.67. The molecule has 0 saturated carbocycles. The molecule has 0 amide bonds. The molecule has 0 aliphatic carbocycles. The Bertz CT molecular complexity index is 500. The fourth-order valence-corrected chi connectivity index (χ4v) is 14.2. The van der Waals surface area contributed by atoms with Crippen molar-refractivity contribution in [3.63, 3.8) is 0 Å². The second-order valence-corrected chi connectivity index (χ2v) is 23.6. The molecule has 132 valence electrons. The van der Waals surface area contributed by atoms with Gasteiger partial charge < -0.3 is 13.6 Å². The Labute approximate surface area is 144 Å². The van der Waals surface area contributed by atoms with Gasteiger partial charge in [-0.2, -0.15) is 0 Å². The van der Waals surface area contributed by atoms with Gasteiger partial charge in [0, 0.05) is 18.3 Å². The standard InChI is InChI=1S/C15H33N3O2Si3/c1-21(2,3)18(22(4,5)6)14(10-13-11-16-12-17-13)15(19)20-23(7,8)9/h11-12,14H,10H2,1-9H3,(H,16,17)/t14-/m0/s1. The second-order valence-electron chi connectivity index (χ2n) is 9.04. The first-order chi connectivity index (χ1) is 10.2. The van der Waals surface area contributed by atoms with Crippen molar-refractivity contribution in [2.45, 2.75) is 71.4 Å². The third-order valence-corrected chi connectivity index (χ3v) is 11.8. The summed E-state index contributed by atoms with van der Waals surface area (Å²) in [5.41, 5.74) is 0.990. The number of H-pyrrole nitrogens is 1. The predicted molar refractivity (Wildman–Crippen MR) is 104 cm³/mol. The molecule has 1 atom stereocenters. The maximum Gasteiger partial charge on any atom is 0.309 e. The minimum atomic E-state index is -1.92. The second kappa shape index (κ2) is 7.04. The van der Waals surface area contributed by atoms with E-state index in [1.165, 1.54) is 0 Å². The third kappa shape index (κ3) is 6.36. The molecule has 0 bridgehead atoms. The Kier molecular flexibility index (Phi) is 6.22. The summed E-state index contributed by atoms with van der Waals surface area (Å²) in [6, 6.07) is -0.222. The van der Waals surface area contributed by atoms with Crippen LogP contribution < -0.4 is 0 Å². The number of hydrogen-bond acceptors (Lipinski definition) is 4. The number of aromatic nitrogens is 2. The summed E-state index contributed by atoms with van der Waals surface area (Å²) in [5, 5.41) is 0. The summed E-state index contributed by atoms with van der Waals surface area (Å²) < 4.78 is 8.42. The van der Waals surface area contributed by atoms with E-state index < -0.39 is 24.8 Å². The minimum absolute atomic E-state index is 0.0661.